The standard InChI is InChI=1S/C10H17N3O/c14-10-12-6-8-13(10)7-5-11-9-3-1-2-4-9/h1-2,9,11H,3-8H2,(H,12,14). The number of nitrogens with zero attached hydrogens (tertiary/aromatic N) is 1. The lowest BCUT2D eigenvalue weighted by molar-refractivity contribution is 0.217. The summed E-state index contributed by atoms with van der Waals surface area (Å²) in [5.41, 5.74) is 0. The van der Waals surface area contributed by atoms with Gasteiger partial charge < -0.3 is 15.5 Å². The van der Waals surface area contributed by atoms with Crippen LogP contribution < -0.4 is 10.6 Å². The van der Waals surface area contributed by atoms with E-state index >= 15 is 0 Å². The van der Waals surface area contributed by atoms with E-state index in [4.69, 9.17) is 0 Å². The van der Waals surface area contributed by atoms with Crippen LogP contribution in [0.4, 0.5) is 4.79 Å². The molecule has 1 aliphatic heterocycles. The highest BCUT2D eigenvalue weighted by Gasteiger charge is 2.18. The number of hydrogen-bond acceptors (Lipinski definition) is 2. The summed E-state index contributed by atoms with van der Waals surface area (Å²) in [6.45, 7) is 3.37. The van der Waals surface area contributed by atoms with Gasteiger partial charge in [-0.2, -0.15) is 0 Å². The highest BCUT2D eigenvalue weighted by Crippen LogP contribution is 2.08. The minimum Gasteiger partial charge on any atom is -0.336 e. The summed E-state index contributed by atoms with van der Waals surface area (Å²) in [7, 11) is 0. The van der Waals surface area contributed by atoms with Gasteiger partial charge in [-0.05, 0) is 12.8 Å². The largest absolute Gasteiger partial charge is 0.336 e. The third-order valence-corrected chi connectivity index (χ3v) is 2.77. The maximum atomic E-state index is 11.2. The summed E-state index contributed by atoms with van der Waals surface area (Å²) in [6, 6.07) is 0.678. The number of urea groups is 1. The Hall–Kier alpha value is -1.03. The summed E-state index contributed by atoms with van der Waals surface area (Å²) < 4.78 is 0. The predicted molar refractivity (Wildman–Crippen MR) is 55.1 cm³/mol. The number of carbonyl (C=O) groups is 1. The maximum absolute atomic E-state index is 11.2. The molecule has 0 spiro atoms. The first-order valence-corrected chi connectivity index (χ1v) is 5.27. The van der Waals surface area contributed by atoms with Crippen LogP contribution in [0.2, 0.25) is 0 Å². The SMILES string of the molecule is O=C1NCCN1CCNC1CC=CC1. The molecule has 4 nitrogen and oxygen atoms in total. The average molecular weight is 195 g/mol. The van der Waals surface area contributed by atoms with Gasteiger partial charge in [-0.1, -0.05) is 12.2 Å². The fraction of sp³-hybridized carbons (Fsp3) is 0.700. The van der Waals surface area contributed by atoms with Crippen molar-refractivity contribution in [3.8, 4) is 0 Å². The quantitative estimate of drug-likeness (QED) is 0.634. The molecule has 0 aromatic heterocycles. The Labute approximate surface area is 84.3 Å². The number of hydrogen-bond donors (Lipinski definition) is 2. The van der Waals surface area contributed by atoms with E-state index in [2.05, 4.69) is 22.8 Å². The molecule has 1 aliphatic carbocycles. The zero-order valence-electron chi connectivity index (χ0n) is 8.33. The molecule has 78 valence electrons. The molecule has 2 aliphatic rings. The van der Waals surface area contributed by atoms with Gasteiger partial charge in [0.25, 0.3) is 0 Å². The van der Waals surface area contributed by atoms with Gasteiger partial charge in [0.05, 0.1) is 0 Å². The van der Waals surface area contributed by atoms with Crippen LogP contribution in [0, 0.1) is 0 Å². The lowest BCUT2D eigenvalue weighted by atomic mass is 10.2. The second-order valence-corrected chi connectivity index (χ2v) is 3.81. The van der Waals surface area contributed by atoms with Crippen molar-refractivity contribution in [1.29, 1.82) is 0 Å². The Kier molecular flexibility index (Phi) is 3.03. The van der Waals surface area contributed by atoms with Crippen molar-refractivity contribution in [2.45, 2.75) is 18.9 Å². The second kappa shape index (κ2) is 4.46. The number of nitrogens with one attached hydrogen (secondary N) is 2. The van der Waals surface area contributed by atoms with Gasteiger partial charge in [0, 0.05) is 32.2 Å². The van der Waals surface area contributed by atoms with E-state index in [1.165, 1.54) is 0 Å². The van der Waals surface area contributed by atoms with E-state index in [9.17, 15) is 4.79 Å². The van der Waals surface area contributed by atoms with E-state index < -0.39 is 0 Å². The van der Waals surface area contributed by atoms with Crippen LogP contribution in [0.15, 0.2) is 12.2 Å². The number of rotatable bonds is 4. The normalized spacial score (nSPS) is 22.0. The van der Waals surface area contributed by atoms with Gasteiger partial charge in [0.2, 0.25) is 0 Å². The Morgan fingerprint density at radius 1 is 1.50 bits per heavy atom. The van der Waals surface area contributed by atoms with Crippen LogP contribution in [-0.4, -0.2) is 43.2 Å². The molecule has 0 aromatic carbocycles. The first-order chi connectivity index (χ1) is 6.86. The van der Waals surface area contributed by atoms with Crippen LogP contribution >= 0.6 is 0 Å². The molecule has 2 N–H and O–H groups in total. The first-order valence-electron chi connectivity index (χ1n) is 5.27. The third-order valence-electron chi connectivity index (χ3n) is 2.77. The fourth-order valence-corrected chi connectivity index (χ4v) is 1.91. The molecule has 2 amide bonds. The Morgan fingerprint density at radius 2 is 2.29 bits per heavy atom. The lowest BCUT2D eigenvalue weighted by Crippen LogP contribution is -2.37. The van der Waals surface area contributed by atoms with E-state index in [0.717, 1.165) is 39.0 Å². The lowest BCUT2D eigenvalue weighted by Gasteiger charge is -2.17. The molecule has 4 heteroatoms. The van der Waals surface area contributed by atoms with Crippen LogP contribution in [0.3, 0.4) is 0 Å². The second-order valence-electron chi connectivity index (χ2n) is 3.81. The maximum Gasteiger partial charge on any atom is 0.317 e. The van der Waals surface area contributed by atoms with E-state index in [1.807, 2.05) is 4.90 Å². The van der Waals surface area contributed by atoms with Crippen molar-refractivity contribution < 1.29 is 4.79 Å². The Balaban J connectivity index is 1.60. The molecule has 1 heterocycles. The van der Waals surface area contributed by atoms with Crippen LogP contribution in [0.5, 0.6) is 0 Å². The van der Waals surface area contributed by atoms with E-state index in [1.54, 1.807) is 0 Å². The van der Waals surface area contributed by atoms with Crippen molar-refractivity contribution in [3.05, 3.63) is 12.2 Å². The van der Waals surface area contributed by atoms with Crippen LogP contribution in [0.25, 0.3) is 0 Å². The van der Waals surface area contributed by atoms with Gasteiger partial charge >= 0.3 is 6.03 Å². The van der Waals surface area contributed by atoms with Crippen LogP contribution in [-0.2, 0) is 0 Å². The highest BCUT2D eigenvalue weighted by atomic mass is 16.2. The molecular weight excluding hydrogens is 178 g/mol. The summed E-state index contributed by atoms with van der Waals surface area (Å²) in [4.78, 5) is 13.0. The molecule has 0 unspecified atom stereocenters. The Morgan fingerprint density at radius 3 is 2.93 bits per heavy atom. The van der Waals surface area contributed by atoms with Gasteiger partial charge in [0.1, 0.15) is 0 Å². The summed E-state index contributed by atoms with van der Waals surface area (Å²) in [5.74, 6) is 0. The number of amides is 2. The van der Waals surface area contributed by atoms with Gasteiger partial charge in [0.15, 0.2) is 0 Å². The molecule has 0 atom stereocenters. The molecule has 0 saturated carbocycles. The van der Waals surface area contributed by atoms with Gasteiger partial charge in [-0.3, -0.25) is 0 Å². The zero-order valence-corrected chi connectivity index (χ0v) is 8.33. The predicted octanol–water partition coefficient (Wildman–Crippen LogP) is 0.320. The fourth-order valence-electron chi connectivity index (χ4n) is 1.91. The molecule has 14 heavy (non-hydrogen) atoms. The minimum absolute atomic E-state index is 0.0800. The average Bonchev–Trinajstić information content (AvgIpc) is 2.78. The molecule has 0 bridgehead atoms. The van der Waals surface area contributed by atoms with Gasteiger partial charge in [-0.25, -0.2) is 4.79 Å². The van der Waals surface area contributed by atoms with Crippen molar-refractivity contribution in [3.63, 3.8) is 0 Å². The smallest absolute Gasteiger partial charge is 0.317 e. The summed E-state index contributed by atoms with van der Waals surface area (Å²) in [6.07, 6.45) is 6.68. The molecule has 1 fully saturated rings. The molecule has 1 saturated heterocycles. The van der Waals surface area contributed by atoms with Crippen molar-refractivity contribution >= 4 is 6.03 Å². The topological polar surface area (TPSA) is 44.4 Å². The molecule has 2 rings (SSSR count). The molecule has 0 aromatic rings. The van der Waals surface area contributed by atoms with E-state index in [-0.39, 0.29) is 6.03 Å². The van der Waals surface area contributed by atoms with Crippen molar-refractivity contribution in [2.24, 2.45) is 0 Å². The molecule has 0 radical (unpaired) electrons. The van der Waals surface area contributed by atoms with Crippen molar-refractivity contribution in [2.75, 3.05) is 26.2 Å². The highest BCUT2D eigenvalue weighted by molar-refractivity contribution is 5.76. The van der Waals surface area contributed by atoms with E-state index in [0.29, 0.717) is 6.04 Å². The first kappa shape index (κ1) is 9.52. The van der Waals surface area contributed by atoms with Gasteiger partial charge in [-0.15, -0.1) is 0 Å². The number of carbonyl (C=O) groups excluding carboxylic acids is 1. The Bertz CT molecular complexity index is 232. The zero-order chi connectivity index (χ0) is 9.80. The minimum atomic E-state index is 0.0800. The summed E-state index contributed by atoms with van der Waals surface area (Å²) >= 11 is 0. The summed E-state index contributed by atoms with van der Waals surface area (Å²) in [5, 5.41) is 6.24. The van der Waals surface area contributed by atoms with Crippen LogP contribution in [0.1, 0.15) is 12.8 Å². The van der Waals surface area contributed by atoms with Crippen molar-refractivity contribution in [1.82, 2.24) is 15.5 Å². The molecular formula is C10H17N3O. The third kappa shape index (κ3) is 2.26. The monoisotopic (exact) mass is 195 g/mol.